The number of nitrogens with one attached hydrogen (secondary N) is 1. The number of benzene rings is 2. The van der Waals surface area contributed by atoms with Gasteiger partial charge in [-0.2, -0.15) is 4.98 Å². The fourth-order valence-corrected chi connectivity index (χ4v) is 7.06. The molecule has 0 spiro atoms. The normalized spacial score (nSPS) is 15.0. The zero-order valence-electron chi connectivity index (χ0n) is 41.7. The van der Waals surface area contributed by atoms with E-state index in [0.717, 1.165) is 45.8 Å². The summed E-state index contributed by atoms with van der Waals surface area (Å²) in [5.74, 6) is 0.594. The molecule has 5 rings (SSSR count). The number of carbonyl (C=O) groups excluding carboxylic acids is 2. The predicted molar refractivity (Wildman–Crippen MR) is 284 cm³/mol. The first-order valence-electron chi connectivity index (χ1n) is 22.6. The zero-order chi connectivity index (χ0) is 50.7. The fraction of sp³-hybridized carbons (Fsp3) is 0.542. The second-order valence-electron chi connectivity index (χ2n) is 19.3. The summed E-state index contributed by atoms with van der Waals surface area (Å²) in [6.45, 7) is 29.0. The average molecular weight is 1150 g/mol. The molecule has 3 heterocycles. The van der Waals surface area contributed by atoms with Gasteiger partial charge in [-0.15, -0.1) is 0 Å². The van der Waals surface area contributed by atoms with Crippen LogP contribution >= 0.6 is 45.2 Å². The molecule has 67 heavy (non-hydrogen) atoms. The van der Waals surface area contributed by atoms with Crippen LogP contribution in [0.15, 0.2) is 70.5 Å². The van der Waals surface area contributed by atoms with Gasteiger partial charge >= 0.3 is 30.7 Å². The van der Waals surface area contributed by atoms with E-state index in [4.69, 9.17) is 30.2 Å². The molecule has 0 saturated carbocycles. The van der Waals surface area contributed by atoms with Crippen molar-refractivity contribution < 1.29 is 28.4 Å². The predicted octanol–water partition coefficient (Wildman–Crippen LogP) is 9.56. The number of halogens is 2. The molecule has 2 aromatic heterocycles. The first-order valence-corrected chi connectivity index (χ1v) is 24.8. The Kier molecular flexibility index (Phi) is 20.8. The van der Waals surface area contributed by atoms with Crippen molar-refractivity contribution in [3.8, 4) is 5.69 Å². The molecular formula is C48H71BI2N8O8. The second-order valence-corrected chi connectivity index (χ2v) is 21.7. The molecule has 2 aromatic carbocycles. The standard InChI is InChI=1S/C23H38BNO4.C21H29IN4O3.C4H4IN3O/c1-10-11-16-25(20(26)27-21(3,4)5)17(2)18-12-14-19(15-13-18)24-28-22(6,7)23(8,9)29-24;1-6-7-12-25(20(28)29-21(3,4)5)14(2)15-8-10-16(11-9-15)26-13-17(22)18(23)24-19(26)27;5-2-1-7-4(9)8-3(2)6/h12-15,17H,10-11,16H2,1-9H3;8-11,13-14H,6-7,12H2,1-5H3,(H2,23,24,27);1H,(H3,6,7,8,9)/t17-;14-;/m00./s1. The summed E-state index contributed by atoms with van der Waals surface area (Å²) in [7, 11) is -0.383. The number of amides is 2. The second kappa shape index (κ2) is 24.4. The molecule has 1 saturated heterocycles. The third-order valence-corrected chi connectivity index (χ3v) is 12.7. The van der Waals surface area contributed by atoms with Gasteiger partial charge in [-0.1, -0.05) is 63.1 Å². The van der Waals surface area contributed by atoms with Crippen LogP contribution in [0.4, 0.5) is 21.2 Å². The van der Waals surface area contributed by atoms with E-state index < -0.39 is 22.6 Å². The monoisotopic (exact) mass is 1150 g/mol. The van der Waals surface area contributed by atoms with Crippen LogP contribution in [0.3, 0.4) is 0 Å². The number of H-pyrrole nitrogens is 1. The van der Waals surface area contributed by atoms with Gasteiger partial charge in [0.25, 0.3) is 0 Å². The molecule has 368 valence electrons. The van der Waals surface area contributed by atoms with Crippen molar-refractivity contribution in [3.05, 3.63) is 100 Å². The molecule has 19 heteroatoms. The van der Waals surface area contributed by atoms with E-state index >= 15 is 0 Å². The minimum atomic E-state index is -0.550. The lowest BCUT2D eigenvalue weighted by atomic mass is 9.78. The van der Waals surface area contributed by atoms with Crippen LogP contribution in [-0.2, 0) is 18.8 Å². The summed E-state index contributed by atoms with van der Waals surface area (Å²) in [5.41, 5.74) is 12.1. The number of nitrogens with zero attached hydrogens (tertiary/aromatic N) is 5. The van der Waals surface area contributed by atoms with Crippen molar-refractivity contribution >= 4 is 81.6 Å². The number of hydrogen-bond donors (Lipinski definition) is 3. The van der Waals surface area contributed by atoms with Crippen LogP contribution < -0.4 is 28.3 Å². The van der Waals surface area contributed by atoms with Gasteiger partial charge < -0.3 is 40.0 Å². The number of carbonyl (C=O) groups is 2. The Bertz CT molecular complexity index is 2350. The van der Waals surface area contributed by atoms with Gasteiger partial charge in [0.15, 0.2) is 0 Å². The Morgan fingerprint density at radius 3 is 1.60 bits per heavy atom. The maximum absolute atomic E-state index is 12.8. The van der Waals surface area contributed by atoms with Gasteiger partial charge in [0.1, 0.15) is 22.8 Å². The molecule has 1 aliphatic heterocycles. The van der Waals surface area contributed by atoms with Crippen LogP contribution in [0, 0.1) is 7.14 Å². The highest BCUT2D eigenvalue weighted by molar-refractivity contribution is 14.1. The molecule has 4 aromatic rings. The summed E-state index contributed by atoms with van der Waals surface area (Å²) in [4.78, 5) is 61.2. The Morgan fingerprint density at radius 2 is 1.21 bits per heavy atom. The summed E-state index contributed by atoms with van der Waals surface area (Å²) in [6.07, 6.45) is 6.34. The number of unbranched alkanes of at least 4 members (excludes halogenated alkanes) is 2. The molecule has 16 nitrogen and oxygen atoms in total. The SMILES string of the molecule is CCCCN(C(=O)OC(C)(C)C)[C@@H](C)c1ccc(-n2cc(I)c(N)nc2=O)cc1.CCCCN(C(=O)OC(C)(C)C)[C@@H](C)c1ccc(B2OC(C)(C)C(C)(C)O2)cc1.Nc1[nH]c(=O)ncc1I. The van der Waals surface area contributed by atoms with E-state index in [9.17, 15) is 19.2 Å². The van der Waals surface area contributed by atoms with Crippen molar-refractivity contribution in [2.24, 2.45) is 0 Å². The first kappa shape index (κ1) is 57.1. The number of anilines is 2. The van der Waals surface area contributed by atoms with Gasteiger partial charge in [-0.25, -0.2) is 24.2 Å². The minimum absolute atomic E-state index is 0.0799. The lowest BCUT2D eigenvalue weighted by Gasteiger charge is -2.32. The molecule has 2 atom stereocenters. The molecule has 0 bridgehead atoms. The van der Waals surface area contributed by atoms with E-state index in [0.29, 0.717) is 28.2 Å². The molecule has 1 fully saturated rings. The number of nitrogens with two attached hydrogens (primary N) is 2. The number of nitrogen functional groups attached to an aromatic ring is 2. The topological polar surface area (TPSA) is 210 Å². The minimum Gasteiger partial charge on any atom is -0.444 e. The van der Waals surface area contributed by atoms with E-state index in [1.54, 1.807) is 11.1 Å². The summed E-state index contributed by atoms with van der Waals surface area (Å²) in [6, 6.07) is 15.4. The van der Waals surface area contributed by atoms with Crippen molar-refractivity contribution in [2.45, 2.75) is 157 Å². The quantitative estimate of drug-likeness (QED) is 0.0895. The number of aromatic amines is 1. The number of rotatable bonds is 12. The first-order chi connectivity index (χ1) is 31.0. The number of hydrogen-bond acceptors (Lipinski definition) is 12. The zero-order valence-corrected chi connectivity index (χ0v) is 46.0. The van der Waals surface area contributed by atoms with Crippen molar-refractivity contribution in [1.82, 2.24) is 29.3 Å². The molecular weight excluding hydrogens is 1080 g/mol. The highest BCUT2D eigenvalue weighted by Gasteiger charge is 2.51. The van der Waals surface area contributed by atoms with Gasteiger partial charge in [0.05, 0.1) is 36.1 Å². The Morgan fingerprint density at radius 1 is 0.776 bits per heavy atom. The summed E-state index contributed by atoms with van der Waals surface area (Å²) in [5, 5.41) is 0. The highest BCUT2D eigenvalue weighted by Crippen LogP contribution is 2.36. The van der Waals surface area contributed by atoms with E-state index in [1.165, 1.54) is 10.8 Å². The third-order valence-electron chi connectivity index (χ3n) is 11.0. The summed E-state index contributed by atoms with van der Waals surface area (Å²) < 4.78 is 26.4. The average Bonchev–Trinajstić information content (AvgIpc) is 3.45. The largest absolute Gasteiger partial charge is 0.494 e. The Hall–Kier alpha value is -4.22. The van der Waals surface area contributed by atoms with E-state index in [-0.39, 0.29) is 48.4 Å². The van der Waals surface area contributed by atoms with Crippen LogP contribution in [0.25, 0.3) is 5.69 Å². The summed E-state index contributed by atoms with van der Waals surface area (Å²) >= 11 is 4.03. The van der Waals surface area contributed by atoms with Gasteiger partial charge in [-0.3, -0.25) is 9.55 Å². The molecule has 0 radical (unpaired) electrons. The molecule has 1 aliphatic rings. The van der Waals surface area contributed by atoms with Crippen LogP contribution in [-0.4, -0.2) is 84.1 Å². The van der Waals surface area contributed by atoms with Crippen molar-refractivity contribution in [1.29, 1.82) is 0 Å². The Balaban J connectivity index is 0.000000299. The Labute approximate surface area is 424 Å². The smallest absolute Gasteiger partial charge is 0.444 e. The van der Waals surface area contributed by atoms with Crippen molar-refractivity contribution in [2.75, 3.05) is 24.6 Å². The van der Waals surface area contributed by atoms with Crippen molar-refractivity contribution in [3.63, 3.8) is 0 Å². The van der Waals surface area contributed by atoms with E-state index in [2.05, 4.69) is 56.5 Å². The molecule has 2 amide bonds. The van der Waals surface area contributed by atoms with E-state index in [1.807, 2.05) is 154 Å². The van der Waals surface area contributed by atoms with Crippen LogP contribution in [0.2, 0.25) is 0 Å². The third kappa shape index (κ3) is 17.1. The highest BCUT2D eigenvalue weighted by atomic mass is 127. The van der Waals surface area contributed by atoms with Crippen LogP contribution in [0.5, 0.6) is 0 Å². The maximum Gasteiger partial charge on any atom is 0.494 e. The molecule has 0 aliphatic carbocycles. The van der Waals surface area contributed by atoms with Gasteiger partial charge in [-0.05, 0) is 170 Å². The molecule has 5 N–H and O–H groups in total. The fourth-order valence-electron chi connectivity index (χ4n) is 6.39. The van der Waals surface area contributed by atoms with Crippen LogP contribution in [0.1, 0.15) is 146 Å². The maximum atomic E-state index is 12.8. The number of aromatic nitrogens is 4. The number of ether oxygens (including phenoxy) is 2. The molecule has 0 unspecified atom stereocenters. The lowest BCUT2D eigenvalue weighted by Crippen LogP contribution is -2.41. The lowest BCUT2D eigenvalue weighted by molar-refractivity contribution is 0.00578. The van der Waals surface area contributed by atoms with Gasteiger partial charge in [0.2, 0.25) is 0 Å². The van der Waals surface area contributed by atoms with Gasteiger partial charge in [0, 0.05) is 25.5 Å².